The third-order valence-corrected chi connectivity index (χ3v) is 4.60. The van der Waals surface area contributed by atoms with Crippen molar-refractivity contribution in [3.05, 3.63) is 29.8 Å². The zero-order valence-electron chi connectivity index (χ0n) is 14.8. The summed E-state index contributed by atoms with van der Waals surface area (Å²) in [6, 6.07) is 3.96. The van der Waals surface area contributed by atoms with Crippen LogP contribution in [0.5, 0.6) is 5.75 Å². The number of hydrogen-bond acceptors (Lipinski definition) is 4. The minimum Gasteiger partial charge on any atom is -0.481 e. The molecule has 1 saturated heterocycles. The van der Waals surface area contributed by atoms with Crippen LogP contribution in [0.3, 0.4) is 0 Å². The molecule has 1 aliphatic rings. The van der Waals surface area contributed by atoms with Gasteiger partial charge in [0.2, 0.25) is 5.91 Å². The maximum Gasteiger partial charge on any atom is 0.573 e. The van der Waals surface area contributed by atoms with Crippen molar-refractivity contribution < 1.29 is 37.3 Å². The number of hydrogen-bond donors (Lipinski definition) is 2. The highest BCUT2D eigenvalue weighted by Gasteiger charge is 2.31. The predicted octanol–water partition coefficient (Wildman–Crippen LogP) is 3.28. The first-order valence-electron chi connectivity index (χ1n) is 8.61. The third-order valence-electron chi connectivity index (χ3n) is 4.60. The average Bonchev–Trinajstić information content (AvgIpc) is 2.60. The topological polar surface area (TPSA) is 84.9 Å². The Kier molecular flexibility index (Phi) is 7.06. The van der Waals surface area contributed by atoms with E-state index in [1.54, 1.807) is 6.92 Å². The molecule has 0 spiro atoms. The molecule has 1 amide bonds. The standard InChI is InChI=1S/C18H22F3NO5/c1-11(12-6-8-26-9-7-12)17(25)22-15(10-16(23)24)13-2-4-14(5-3-13)27-18(19,20)21/h2-5,11-12,15H,6-10H2,1H3,(H,22,25)(H,23,24). The molecule has 0 aromatic heterocycles. The Morgan fingerprint density at radius 1 is 1.26 bits per heavy atom. The van der Waals surface area contributed by atoms with E-state index < -0.39 is 24.1 Å². The Morgan fingerprint density at radius 2 is 1.85 bits per heavy atom. The fourth-order valence-corrected chi connectivity index (χ4v) is 3.06. The number of carbonyl (C=O) groups is 2. The molecule has 6 nitrogen and oxygen atoms in total. The SMILES string of the molecule is CC(C(=O)NC(CC(=O)O)c1ccc(OC(F)(F)F)cc1)C1CCOCC1. The summed E-state index contributed by atoms with van der Waals surface area (Å²) in [5.74, 6) is -2.01. The van der Waals surface area contributed by atoms with Gasteiger partial charge in [-0.3, -0.25) is 9.59 Å². The Hall–Kier alpha value is -2.29. The van der Waals surface area contributed by atoms with Gasteiger partial charge in [-0.25, -0.2) is 0 Å². The molecule has 9 heteroatoms. The Morgan fingerprint density at radius 3 is 2.37 bits per heavy atom. The van der Waals surface area contributed by atoms with Crippen LogP contribution in [0.25, 0.3) is 0 Å². The molecule has 1 aliphatic heterocycles. The van der Waals surface area contributed by atoms with E-state index in [0.29, 0.717) is 18.8 Å². The van der Waals surface area contributed by atoms with Gasteiger partial charge in [0.25, 0.3) is 0 Å². The van der Waals surface area contributed by atoms with Gasteiger partial charge < -0.3 is 19.9 Å². The minimum absolute atomic E-state index is 0.145. The van der Waals surface area contributed by atoms with E-state index in [4.69, 9.17) is 9.84 Å². The van der Waals surface area contributed by atoms with Crippen LogP contribution in [0.15, 0.2) is 24.3 Å². The number of halogens is 3. The summed E-state index contributed by atoms with van der Waals surface area (Å²) in [7, 11) is 0. The fourth-order valence-electron chi connectivity index (χ4n) is 3.06. The molecular formula is C18H22F3NO5. The summed E-state index contributed by atoms with van der Waals surface area (Å²) in [6.07, 6.45) is -3.69. The largest absolute Gasteiger partial charge is 0.573 e. The van der Waals surface area contributed by atoms with E-state index in [-0.39, 0.29) is 24.2 Å². The molecule has 2 rings (SSSR count). The average molecular weight is 389 g/mol. The molecule has 1 aromatic carbocycles. The summed E-state index contributed by atoms with van der Waals surface area (Å²) in [6.45, 7) is 2.95. The number of alkyl halides is 3. The van der Waals surface area contributed by atoms with Crippen molar-refractivity contribution in [3.63, 3.8) is 0 Å². The Bertz CT molecular complexity index is 641. The second-order valence-electron chi connectivity index (χ2n) is 6.51. The zero-order chi connectivity index (χ0) is 20.0. The van der Waals surface area contributed by atoms with E-state index in [1.165, 1.54) is 12.1 Å². The number of carboxylic acid groups (broad SMARTS) is 1. The molecule has 1 heterocycles. The summed E-state index contributed by atoms with van der Waals surface area (Å²) >= 11 is 0. The highest BCUT2D eigenvalue weighted by atomic mass is 19.4. The zero-order valence-corrected chi connectivity index (χ0v) is 14.8. The Balaban J connectivity index is 2.07. The van der Waals surface area contributed by atoms with Gasteiger partial charge in [0, 0.05) is 19.1 Å². The predicted molar refractivity (Wildman–Crippen MR) is 89.0 cm³/mol. The van der Waals surface area contributed by atoms with Crippen LogP contribution in [-0.4, -0.2) is 36.6 Å². The monoisotopic (exact) mass is 389 g/mol. The highest BCUT2D eigenvalue weighted by Crippen LogP contribution is 2.27. The van der Waals surface area contributed by atoms with E-state index in [9.17, 15) is 22.8 Å². The van der Waals surface area contributed by atoms with Crippen LogP contribution in [0.2, 0.25) is 0 Å². The molecule has 0 bridgehead atoms. The van der Waals surface area contributed by atoms with Crippen molar-refractivity contribution in [1.82, 2.24) is 5.32 Å². The third kappa shape index (κ3) is 6.74. The van der Waals surface area contributed by atoms with E-state index in [1.807, 2.05) is 0 Å². The molecule has 1 fully saturated rings. The van der Waals surface area contributed by atoms with Gasteiger partial charge in [-0.2, -0.15) is 0 Å². The first-order chi connectivity index (χ1) is 12.7. The smallest absolute Gasteiger partial charge is 0.481 e. The first kappa shape index (κ1) is 21.0. The van der Waals surface area contributed by atoms with Crippen molar-refractivity contribution in [2.24, 2.45) is 11.8 Å². The summed E-state index contributed by atoms with van der Waals surface area (Å²) in [5.41, 5.74) is 0.388. The second-order valence-corrected chi connectivity index (χ2v) is 6.51. The van der Waals surface area contributed by atoms with Gasteiger partial charge in [-0.15, -0.1) is 13.2 Å². The lowest BCUT2D eigenvalue weighted by Gasteiger charge is -2.28. The van der Waals surface area contributed by atoms with Crippen LogP contribution in [0, 0.1) is 11.8 Å². The number of aliphatic carboxylic acids is 1. The van der Waals surface area contributed by atoms with Gasteiger partial charge in [-0.1, -0.05) is 19.1 Å². The van der Waals surface area contributed by atoms with Crippen molar-refractivity contribution in [2.75, 3.05) is 13.2 Å². The number of nitrogens with one attached hydrogen (secondary N) is 1. The molecule has 1 aromatic rings. The quantitative estimate of drug-likeness (QED) is 0.748. The molecule has 0 radical (unpaired) electrons. The highest BCUT2D eigenvalue weighted by molar-refractivity contribution is 5.80. The maximum absolute atomic E-state index is 12.5. The van der Waals surface area contributed by atoms with Crippen molar-refractivity contribution in [3.8, 4) is 5.75 Å². The lowest BCUT2D eigenvalue weighted by molar-refractivity contribution is -0.274. The molecule has 0 saturated carbocycles. The molecule has 2 N–H and O–H groups in total. The van der Waals surface area contributed by atoms with Gasteiger partial charge in [0.15, 0.2) is 0 Å². The number of benzene rings is 1. The van der Waals surface area contributed by atoms with Crippen molar-refractivity contribution in [1.29, 1.82) is 0 Å². The lowest BCUT2D eigenvalue weighted by Crippen LogP contribution is -2.38. The molecule has 2 atom stereocenters. The lowest BCUT2D eigenvalue weighted by atomic mass is 9.86. The fraction of sp³-hybridized carbons (Fsp3) is 0.556. The van der Waals surface area contributed by atoms with Crippen LogP contribution in [0.1, 0.15) is 37.8 Å². The number of rotatable bonds is 7. The van der Waals surface area contributed by atoms with Crippen LogP contribution in [0.4, 0.5) is 13.2 Å². The number of carbonyl (C=O) groups excluding carboxylic acids is 1. The van der Waals surface area contributed by atoms with E-state index in [0.717, 1.165) is 25.0 Å². The molecule has 2 unspecified atom stereocenters. The van der Waals surface area contributed by atoms with Gasteiger partial charge in [0.1, 0.15) is 5.75 Å². The summed E-state index contributed by atoms with van der Waals surface area (Å²) < 4.78 is 45.8. The molecule has 150 valence electrons. The summed E-state index contributed by atoms with van der Waals surface area (Å²) in [4.78, 5) is 23.7. The number of amides is 1. The van der Waals surface area contributed by atoms with E-state index >= 15 is 0 Å². The van der Waals surface area contributed by atoms with Crippen molar-refractivity contribution in [2.45, 2.75) is 38.6 Å². The first-order valence-corrected chi connectivity index (χ1v) is 8.61. The van der Waals surface area contributed by atoms with Gasteiger partial charge >= 0.3 is 12.3 Å². The number of carboxylic acids is 1. The van der Waals surface area contributed by atoms with Gasteiger partial charge in [0.05, 0.1) is 12.5 Å². The maximum atomic E-state index is 12.5. The van der Waals surface area contributed by atoms with E-state index in [2.05, 4.69) is 10.1 Å². The molecular weight excluding hydrogens is 367 g/mol. The minimum atomic E-state index is -4.81. The normalized spacial score (nSPS) is 17.8. The molecule has 27 heavy (non-hydrogen) atoms. The molecule has 0 aliphatic carbocycles. The summed E-state index contributed by atoms with van der Waals surface area (Å²) in [5, 5.41) is 11.8. The van der Waals surface area contributed by atoms with Crippen LogP contribution in [-0.2, 0) is 14.3 Å². The number of ether oxygens (including phenoxy) is 2. The Labute approximate surface area is 154 Å². The second kappa shape index (κ2) is 9.07. The van der Waals surface area contributed by atoms with Crippen molar-refractivity contribution >= 4 is 11.9 Å². The van der Waals surface area contributed by atoms with Gasteiger partial charge in [-0.05, 0) is 36.5 Å². The van der Waals surface area contributed by atoms with Crippen LogP contribution >= 0.6 is 0 Å². The van der Waals surface area contributed by atoms with Crippen LogP contribution < -0.4 is 10.1 Å².